The quantitative estimate of drug-likeness (QED) is 0.378. The van der Waals surface area contributed by atoms with Gasteiger partial charge >= 0.3 is 35.5 Å². The molecule has 0 unspecified atom stereocenters. The van der Waals surface area contributed by atoms with Crippen LogP contribution in [0.15, 0.2) is 0 Å². The monoisotopic (exact) mass is 197 g/mol. The first-order valence-electron chi connectivity index (χ1n) is 4.09. The minimum absolute atomic E-state index is 0. The third-order valence-corrected chi connectivity index (χ3v) is 1.44. The molecule has 0 radical (unpaired) electrons. The van der Waals surface area contributed by atoms with Gasteiger partial charge in [-0.1, -0.05) is 6.42 Å². The molecule has 0 saturated heterocycles. The van der Waals surface area contributed by atoms with E-state index in [9.17, 15) is 9.59 Å². The summed E-state index contributed by atoms with van der Waals surface area (Å²) in [5, 5.41) is 10.9. The Morgan fingerprint density at radius 1 is 1.31 bits per heavy atom. The smallest absolute Gasteiger partial charge is 1.00 e. The first-order chi connectivity index (χ1) is 5.63. The van der Waals surface area contributed by atoms with Crippen molar-refractivity contribution < 1.29 is 45.7 Å². The molecule has 0 spiro atoms. The topological polar surface area (TPSA) is 66.4 Å². The third-order valence-electron chi connectivity index (χ3n) is 1.44. The molecule has 0 aliphatic rings. The van der Waals surface area contributed by atoms with Crippen molar-refractivity contribution in [1.82, 2.24) is 5.32 Å². The average molecular weight is 197 g/mol. The summed E-state index contributed by atoms with van der Waals surface area (Å²) in [6, 6.07) is 0. The largest absolute Gasteiger partial charge is 1.00 e. The molecule has 4 nitrogen and oxygen atoms in total. The summed E-state index contributed by atoms with van der Waals surface area (Å²) in [6.07, 6.45) is 2.62. The van der Waals surface area contributed by atoms with Crippen molar-refractivity contribution in [3.63, 3.8) is 0 Å². The Balaban J connectivity index is -0.000000605. The van der Waals surface area contributed by atoms with E-state index in [0.717, 1.165) is 12.8 Å². The van der Waals surface area contributed by atoms with E-state index in [4.69, 9.17) is 5.11 Å². The first-order valence-corrected chi connectivity index (χ1v) is 4.09. The number of aliphatic carboxylic acids is 1. The summed E-state index contributed by atoms with van der Waals surface area (Å²) in [4.78, 5) is 20.4. The normalized spacial score (nSPS) is 8.69. The van der Waals surface area contributed by atoms with Crippen LogP contribution in [-0.2, 0) is 9.59 Å². The molecule has 0 rings (SSSR count). The second kappa shape index (κ2) is 10.0. The van der Waals surface area contributed by atoms with Crippen molar-refractivity contribution in [1.29, 1.82) is 0 Å². The average Bonchev–Trinajstić information content (AvgIpc) is 1.95. The van der Waals surface area contributed by atoms with E-state index in [-0.39, 0.29) is 43.3 Å². The van der Waals surface area contributed by atoms with Crippen molar-refractivity contribution in [2.45, 2.75) is 32.6 Å². The zero-order chi connectivity index (χ0) is 9.40. The number of carbonyl (C=O) groups excluding carboxylic acids is 1. The third kappa shape index (κ3) is 14.8. The second-order valence-corrected chi connectivity index (χ2v) is 2.69. The van der Waals surface area contributed by atoms with E-state index >= 15 is 0 Å². The molecule has 5 heteroatoms. The van der Waals surface area contributed by atoms with Gasteiger partial charge in [0.05, 0.1) is 0 Å². The minimum Gasteiger partial charge on any atom is -1.00 e. The van der Waals surface area contributed by atoms with Gasteiger partial charge in [0.25, 0.3) is 0 Å². The fourth-order valence-electron chi connectivity index (χ4n) is 0.842. The van der Waals surface area contributed by atoms with E-state index in [2.05, 4.69) is 5.32 Å². The molecule has 72 valence electrons. The minimum atomic E-state index is -0.755. The molecule has 0 aliphatic carbocycles. The summed E-state index contributed by atoms with van der Waals surface area (Å²) in [5.74, 6) is -0.789. The summed E-state index contributed by atoms with van der Waals surface area (Å²) < 4.78 is 0. The zero-order valence-electron chi connectivity index (χ0n) is 9.30. The Morgan fingerprint density at radius 3 is 2.38 bits per heavy atom. The SMILES string of the molecule is CC(=O)NCCCCCC(=O)O.[H-].[Na+]. The number of rotatable bonds is 6. The molecule has 1 amide bonds. The van der Waals surface area contributed by atoms with Crippen LogP contribution >= 0.6 is 0 Å². The van der Waals surface area contributed by atoms with E-state index in [1.807, 2.05) is 0 Å². The van der Waals surface area contributed by atoms with Crippen molar-refractivity contribution >= 4 is 11.9 Å². The number of carbonyl (C=O) groups is 2. The van der Waals surface area contributed by atoms with Crippen molar-refractivity contribution in [2.75, 3.05) is 6.54 Å². The Kier molecular flexibility index (Phi) is 11.9. The maximum Gasteiger partial charge on any atom is 1.00 e. The molecule has 0 aromatic rings. The van der Waals surface area contributed by atoms with Crippen LogP contribution in [0, 0.1) is 0 Å². The summed E-state index contributed by atoms with van der Waals surface area (Å²) in [7, 11) is 0. The van der Waals surface area contributed by atoms with E-state index in [1.54, 1.807) is 0 Å². The number of carboxylic acid groups (broad SMARTS) is 1. The van der Waals surface area contributed by atoms with Crippen LogP contribution in [0.1, 0.15) is 34.0 Å². The van der Waals surface area contributed by atoms with Crippen LogP contribution in [0.25, 0.3) is 0 Å². The molecule has 0 aliphatic heterocycles. The van der Waals surface area contributed by atoms with Crippen molar-refractivity contribution in [2.24, 2.45) is 0 Å². The molecular weight excluding hydrogens is 181 g/mol. The number of unbranched alkanes of at least 4 members (excludes halogenated alkanes) is 2. The molecule has 0 bridgehead atoms. The van der Waals surface area contributed by atoms with E-state index in [0.29, 0.717) is 13.0 Å². The molecule has 0 atom stereocenters. The van der Waals surface area contributed by atoms with Gasteiger partial charge in [0.1, 0.15) is 0 Å². The molecular formula is C8H16NNaO3. The van der Waals surface area contributed by atoms with Crippen LogP contribution in [0.2, 0.25) is 0 Å². The van der Waals surface area contributed by atoms with Crippen LogP contribution in [0.5, 0.6) is 0 Å². The maximum atomic E-state index is 10.4. The van der Waals surface area contributed by atoms with Gasteiger partial charge in [-0.2, -0.15) is 0 Å². The molecule has 13 heavy (non-hydrogen) atoms. The molecule has 0 aromatic carbocycles. The molecule has 0 saturated carbocycles. The number of hydrogen-bond acceptors (Lipinski definition) is 2. The number of amides is 1. The van der Waals surface area contributed by atoms with Crippen LogP contribution in [-0.4, -0.2) is 23.5 Å². The van der Waals surface area contributed by atoms with Gasteiger partial charge in [-0.25, -0.2) is 0 Å². The molecule has 0 aromatic heterocycles. The second-order valence-electron chi connectivity index (χ2n) is 2.69. The number of nitrogens with one attached hydrogen (secondary N) is 1. The van der Waals surface area contributed by atoms with Crippen LogP contribution in [0.4, 0.5) is 0 Å². The fraction of sp³-hybridized carbons (Fsp3) is 0.750. The summed E-state index contributed by atoms with van der Waals surface area (Å²) in [5.41, 5.74) is 0. The predicted molar refractivity (Wildman–Crippen MR) is 45.9 cm³/mol. The Hall–Kier alpha value is -0.0600. The van der Waals surface area contributed by atoms with E-state index in [1.165, 1.54) is 6.92 Å². The molecule has 0 fully saturated rings. The zero-order valence-corrected chi connectivity index (χ0v) is 10.3. The van der Waals surface area contributed by atoms with Crippen molar-refractivity contribution in [3.05, 3.63) is 0 Å². The predicted octanol–water partition coefficient (Wildman–Crippen LogP) is -2.12. The van der Waals surface area contributed by atoms with Gasteiger partial charge in [0.15, 0.2) is 0 Å². The maximum absolute atomic E-state index is 10.4. The number of hydrogen-bond donors (Lipinski definition) is 2. The van der Waals surface area contributed by atoms with Crippen LogP contribution in [0.3, 0.4) is 0 Å². The van der Waals surface area contributed by atoms with Gasteiger partial charge in [-0.15, -0.1) is 0 Å². The summed E-state index contributed by atoms with van der Waals surface area (Å²) >= 11 is 0. The summed E-state index contributed by atoms with van der Waals surface area (Å²) in [6.45, 7) is 2.12. The number of carboxylic acids is 1. The molecule has 2 N–H and O–H groups in total. The first kappa shape index (κ1) is 15.4. The van der Waals surface area contributed by atoms with Gasteiger partial charge in [0.2, 0.25) is 5.91 Å². The van der Waals surface area contributed by atoms with Crippen molar-refractivity contribution in [3.8, 4) is 0 Å². The van der Waals surface area contributed by atoms with Crippen LogP contribution < -0.4 is 34.9 Å². The Bertz CT molecular complexity index is 149. The fourth-order valence-corrected chi connectivity index (χ4v) is 0.842. The van der Waals surface area contributed by atoms with Gasteiger partial charge in [0, 0.05) is 19.9 Å². The Labute approximate surface area is 102 Å². The standard InChI is InChI=1S/C8H15NO3.Na.H/c1-7(10)9-6-4-2-3-5-8(11)12;;/h2-6H2,1H3,(H,9,10)(H,11,12);;/q;+1;-1. The van der Waals surface area contributed by atoms with Gasteiger partial charge < -0.3 is 11.8 Å². The van der Waals surface area contributed by atoms with Gasteiger partial charge in [-0.3, -0.25) is 9.59 Å². The molecule has 0 heterocycles. The van der Waals surface area contributed by atoms with Gasteiger partial charge in [-0.05, 0) is 12.8 Å². The van der Waals surface area contributed by atoms with E-state index < -0.39 is 5.97 Å². The Morgan fingerprint density at radius 2 is 1.92 bits per heavy atom.